The molecule has 0 unspecified atom stereocenters. The lowest BCUT2D eigenvalue weighted by Gasteiger charge is -2.40. The van der Waals surface area contributed by atoms with Crippen LogP contribution in [0.2, 0.25) is 0 Å². The van der Waals surface area contributed by atoms with Crippen LogP contribution in [0, 0.1) is 0 Å². The Kier molecular flexibility index (Phi) is 2.54. The van der Waals surface area contributed by atoms with Gasteiger partial charge in [0.05, 0.1) is 4.87 Å². The Morgan fingerprint density at radius 3 is 2.62 bits per heavy atom. The second-order valence-corrected chi connectivity index (χ2v) is 5.48. The van der Waals surface area contributed by atoms with Gasteiger partial charge in [-0.25, -0.2) is 0 Å². The highest BCUT2D eigenvalue weighted by molar-refractivity contribution is 8.00. The Hall–Kier alpha value is -0.180. The normalized spacial score (nSPS) is 26.7. The average Bonchev–Trinajstić information content (AvgIpc) is 2.50. The summed E-state index contributed by atoms with van der Waals surface area (Å²) in [7, 11) is 0. The molecular weight excluding hydrogens is 182 g/mol. The Balaban J connectivity index is 2.13. The molecule has 0 N–H and O–H groups in total. The monoisotopic (exact) mass is 199 g/mol. The van der Waals surface area contributed by atoms with E-state index >= 15 is 0 Å². The highest BCUT2D eigenvalue weighted by Gasteiger charge is 2.43. The Morgan fingerprint density at radius 2 is 2.00 bits per heavy atom. The van der Waals surface area contributed by atoms with Crippen molar-refractivity contribution < 1.29 is 4.79 Å². The number of rotatable bonds is 0. The molecule has 0 atom stereocenters. The highest BCUT2D eigenvalue weighted by Crippen LogP contribution is 2.46. The Labute approximate surface area is 84.1 Å². The van der Waals surface area contributed by atoms with E-state index in [1.54, 1.807) is 6.92 Å². The van der Waals surface area contributed by atoms with Gasteiger partial charge in [-0.05, 0) is 12.8 Å². The minimum absolute atomic E-state index is 0.212. The first kappa shape index (κ1) is 9.38. The van der Waals surface area contributed by atoms with Crippen LogP contribution < -0.4 is 0 Å². The first-order valence-corrected chi connectivity index (χ1v) is 6.15. The third-order valence-corrected chi connectivity index (χ3v) is 4.75. The van der Waals surface area contributed by atoms with Crippen molar-refractivity contribution in [2.75, 3.05) is 12.3 Å². The predicted octanol–water partition coefficient (Wildman–Crippen LogP) is 2.24. The first-order valence-electron chi connectivity index (χ1n) is 5.17. The molecule has 1 aliphatic carbocycles. The van der Waals surface area contributed by atoms with E-state index in [4.69, 9.17) is 0 Å². The zero-order valence-electron chi connectivity index (χ0n) is 8.21. The predicted molar refractivity (Wildman–Crippen MR) is 55.7 cm³/mol. The molecule has 3 heteroatoms. The van der Waals surface area contributed by atoms with Crippen LogP contribution in [0.3, 0.4) is 0 Å². The third-order valence-electron chi connectivity index (χ3n) is 3.19. The number of carbonyl (C=O) groups is 1. The largest absolute Gasteiger partial charge is 0.327 e. The van der Waals surface area contributed by atoms with E-state index in [1.807, 2.05) is 11.8 Å². The van der Waals surface area contributed by atoms with Gasteiger partial charge in [0.25, 0.3) is 0 Å². The SMILES string of the molecule is CC(=O)N1CCSC12CCCCC2. The molecule has 1 aliphatic heterocycles. The maximum atomic E-state index is 11.4. The van der Waals surface area contributed by atoms with Gasteiger partial charge in [0.15, 0.2) is 0 Å². The molecular formula is C10H17NOS. The summed E-state index contributed by atoms with van der Waals surface area (Å²) in [6, 6.07) is 0. The van der Waals surface area contributed by atoms with E-state index in [9.17, 15) is 4.79 Å². The van der Waals surface area contributed by atoms with Crippen LogP contribution in [-0.2, 0) is 4.79 Å². The first-order chi connectivity index (χ1) is 6.25. The van der Waals surface area contributed by atoms with Gasteiger partial charge >= 0.3 is 0 Å². The van der Waals surface area contributed by atoms with E-state index < -0.39 is 0 Å². The van der Waals surface area contributed by atoms with Crippen molar-refractivity contribution in [2.24, 2.45) is 0 Å². The van der Waals surface area contributed by atoms with E-state index in [1.165, 1.54) is 32.1 Å². The summed E-state index contributed by atoms with van der Waals surface area (Å²) in [5.41, 5.74) is 0. The molecule has 0 aromatic rings. The molecule has 2 rings (SSSR count). The lowest BCUT2D eigenvalue weighted by molar-refractivity contribution is -0.132. The molecule has 1 amide bonds. The molecule has 13 heavy (non-hydrogen) atoms. The van der Waals surface area contributed by atoms with Crippen LogP contribution in [0.1, 0.15) is 39.0 Å². The molecule has 1 spiro atoms. The summed E-state index contributed by atoms with van der Waals surface area (Å²) in [5, 5.41) is 0. The lowest BCUT2D eigenvalue weighted by atomic mass is 9.93. The molecule has 2 fully saturated rings. The molecule has 0 bridgehead atoms. The summed E-state index contributed by atoms with van der Waals surface area (Å²) in [5.74, 6) is 1.41. The van der Waals surface area contributed by atoms with Gasteiger partial charge in [0, 0.05) is 19.2 Å². The molecule has 2 aliphatic rings. The number of nitrogens with zero attached hydrogens (tertiary/aromatic N) is 1. The summed E-state index contributed by atoms with van der Waals surface area (Å²) in [6.07, 6.45) is 6.40. The van der Waals surface area contributed by atoms with E-state index in [0.717, 1.165) is 12.3 Å². The number of hydrogen-bond donors (Lipinski definition) is 0. The molecule has 1 heterocycles. The smallest absolute Gasteiger partial charge is 0.220 e. The fraction of sp³-hybridized carbons (Fsp3) is 0.900. The molecule has 0 aromatic heterocycles. The minimum atomic E-state index is 0.212. The molecule has 1 saturated carbocycles. The van der Waals surface area contributed by atoms with E-state index in [0.29, 0.717) is 0 Å². The molecule has 74 valence electrons. The van der Waals surface area contributed by atoms with Crippen molar-refractivity contribution in [1.29, 1.82) is 0 Å². The van der Waals surface area contributed by atoms with Crippen molar-refractivity contribution in [3.63, 3.8) is 0 Å². The molecule has 0 aromatic carbocycles. The number of thioether (sulfide) groups is 1. The van der Waals surface area contributed by atoms with E-state index in [-0.39, 0.29) is 10.8 Å². The maximum absolute atomic E-state index is 11.4. The topological polar surface area (TPSA) is 20.3 Å². The van der Waals surface area contributed by atoms with E-state index in [2.05, 4.69) is 4.90 Å². The van der Waals surface area contributed by atoms with Crippen LogP contribution in [0.5, 0.6) is 0 Å². The van der Waals surface area contributed by atoms with Gasteiger partial charge in [-0.1, -0.05) is 19.3 Å². The van der Waals surface area contributed by atoms with Gasteiger partial charge in [-0.2, -0.15) is 0 Å². The highest BCUT2D eigenvalue weighted by atomic mass is 32.2. The van der Waals surface area contributed by atoms with Crippen molar-refractivity contribution in [3.8, 4) is 0 Å². The van der Waals surface area contributed by atoms with Crippen LogP contribution in [0.15, 0.2) is 0 Å². The lowest BCUT2D eigenvalue weighted by Crippen LogP contribution is -2.45. The van der Waals surface area contributed by atoms with Gasteiger partial charge in [0.1, 0.15) is 0 Å². The molecule has 0 radical (unpaired) electrons. The summed E-state index contributed by atoms with van der Waals surface area (Å²) >= 11 is 2.01. The van der Waals surface area contributed by atoms with Crippen LogP contribution >= 0.6 is 11.8 Å². The van der Waals surface area contributed by atoms with Gasteiger partial charge in [0.2, 0.25) is 5.91 Å². The number of hydrogen-bond acceptors (Lipinski definition) is 2. The second-order valence-electron chi connectivity index (χ2n) is 4.03. The van der Waals surface area contributed by atoms with Gasteiger partial charge in [-0.15, -0.1) is 11.8 Å². The average molecular weight is 199 g/mol. The molecule has 2 nitrogen and oxygen atoms in total. The quantitative estimate of drug-likeness (QED) is 0.596. The Bertz CT molecular complexity index is 211. The maximum Gasteiger partial charge on any atom is 0.220 e. The third kappa shape index (κ3) is 1.58. The van der Waals surface area contributed by atoms with Crippen LogP contribution in [0.25, 0.3) is 0 Å². The Morgan fingerprint density at radius 1 is 1.31 bits per heavy atom. The number of amides is 1. The van der Waals surface area contributed by atoms with Crippen molar-refractivity contribution in [3.05, 3.63) is 0 Å². The second kappa shape index (κ2) is 3.52. The van der Waals surface area contributed by atoms with Crippen LogP contribution in [-0.4, -0.2) is 28.0 Å². The van der Waals surface area contributed by atoms with Crippen molar-refractivity contribution in [2.45, 2.75) is 43.9 Å². The standard InChI is InChI=1S/C10H17NOS/c1-9(12)11-7-8-13-10(11)5-3-2-4-6-10/h2-8H2,1H3. The van der Waals surface area contributed by atoms with Crippen molar-refractivity contribution in [1.82, 2.24) is 4.90 Å². The fourth-order valence-electron chi connectivity index (χ4n) is 2.57. The molecule has 1 saturated heterocycles. The van der Waals surface area contributed by atoms with Gasteiger partial charge in [-0.3, -0.25) is 4.79 Å². The van der Waals surface area contributed by atoms with Gasteiger partial charge < -0.3 is 4.90 Å². The summed E-state index contributed by atoms with van der Waals surface area (Å²) < 4.78 is 0. The number of carbonyl (C=O) groups excluding carboxylic acids is 1. The fourth-order valence-corrected chi connectivity index (χ4v) is 4.18. The summed E-state index contributed by atoms with van der Waals surface area (Å²) in [4.78, 5) is 13.8. The summed E-state index contributed by atoms with van der Waals surface area (Å²) in [6.45, 7) is 2.68. The zero-order chi connectivity index (χ0) is 9.31. The van der Waals surface area contributed by atoms with Crippen molar-refractivity contribution >= 4 is 17.7 Å². The zero-order valence-corrected chi connectivity index (χ0v) is 9.03. The minimum Gasteiger partial charge on any atom is -0.327 e. The van der Waals surface area contributed by atoms with Crippen LogP contribution in [0.4, 0.5) is 0 Å².